The summed E-state index contributed by atoms with van der Waals surface area (Å²) in [6.07, 6.45) is 0. The minimum Gasteiger partial charge on any atom is -0.507 e. The van der Waals surface area contributed by atoms with E-state index in [0.717, 1.165) is 18.2 Å². The zero-order valence-electron chi connectivity index (χ0n) is 11.7. The van der Waals surface area contributed by atoms with Gasteiger partial charge in [-0.25, -0.2) is 9.79 Å². The van der Waals surface area contributed by atoms with Crippen LogP contribution in [0.25, 0.3) is 0 Å². The van der Waals surface area contributed by atoms with Crippen LogP contribution in [0.3, 0.4) is 0 Å². The van der Waals surface area contributed by atoms with Gasteiger partial charge in [-0.05, 0) is 19.9 Å². The van der Waals surface area contributed by atoms with Gasteiger partial charge in [-0.1, -0.05) is 0 Å². The summed E-state index contributed by atoms with van der Waals surface area (Å²) in [6, 6.07) is 4.57. The molecule has 0 radical (unpaired) electrons. The van der Waals surface area contributed by atoms with Crippen LogP contribution < -0.4 is 5.63 Å². The number of rotatable bonds is 3. The van der Waals surface area contributed by atoms with E-state index in [4.69, 9.17) is 4.42 Å². The zero-order chi connectivity index (χ0) is 16.4. The molecule has 1 heterocycles. The Morgan fingerprint density at radius 2 is 1.95 bits per heavy atom. The normalized spacial score (nSPS) is 11.5. The molecule has 1 aromatic heterocycles. The minimum absolute atomic E-state index is 0.0575. The SMILES string of the molecule is CC(=Nc1cc([N+](=O)[O-])ccc1O)c1c(O)cc(C)oc1=O. The van der Waals surface area contributed by atoms with Crippen molar-refractivity contribution in [3.63, 3.8) is 0 Å². The summed E-state index contributed by atoms with van der Waals surface area (Å²) in [5.74, 6) is -0.377. The Labute approximate surface area is 124 Å². The topological polar surface area (TPSA) is 126 Å². The summed E-state index contributed by atoms with van der Waals surface area (Å²) < 4.78 is 4.87. The fourth-order valence-electron chi connectivity index (χ4n) is 1.88. The van der Waals surface area contributed by atoms with E-state index in [2.05, 4.69) is 4.99 Å². The first kappa shape index (κ1) is 15.2. The summed E-state index contributed by atoms with van der Waals surface area (Å²) in [4.78, 5) is 25.8. The van der Waals surface area contributed by atoms with Gasteiger partial charge in [0.15, 0.2) is 0 Å². The van der Waals surface area contributed by atoms with Crippen LogP contribution in [0.5, 0.6) is 11.5 Å². The molecule has 1 aromatic carbocycles. The predicted octanol–water partition coefficient (Wildman–Crippen LogP) is 2.41. The van der Waals surface area contributed by atoms with Crippen LogP contribution in [0.1, 0.15) is 18.2 Å². The maximum absolute atomic E-state index is 11.8. The Bertz CT molecular complexity index is 838. The monoisotopic (exact) mass is 304 g/mol. The first-order valence-corrected chi connectivity index (χ1v) is 6.16. The Morgan fingerprint density at radius 3 is 2.55 bits per heavy atom. The quantitative estimate of drug-likeness (QED) is 0.509. The second kappa shape index (κ2) is 5.68. The fraction of sp³-hybridized carbons (Fsp3) is 0.143. The van der Waals surface area contributed by atoms with E-state index in [1.54, 1.807) is 0 Å². The van der Waals surface area contributed by atoms with Gasteiger partial charge >= 0.3 is 5.63 Å². The Morgan fingerprint density at radius 1 is 1.27 bits per heavy atom. The minimum atomic E-state index is -0.788. The molecule has 2 N–H and O–H groups in total. The molecule has 8 nitrogen and oxygen atoms in total. The van der Waals surface area contributed by atoms with E-state index >= 15 is 0 Å². The van der Waals surface area contributed by atoms with Crippen molar-refractivity contribution < 1.29 is 19.6 Å². The third-order valence-electron chi connectivity index (χ3n) is 2.87. The van der Waals surface area contributed by atoms with Crippen molar-refractivity contribution in [2.75, 3.05) is 0 Å². The van der Waals surface area contributed by atoms with Crippen LogP contribution in [-0.4, -0.2) is 20.8 Å². The molecule has 22 heavy (non-hydrogen) atoms. The molecule has 0 amide bonds. The van der Waals surface area contributed by atoms with Gasteiger partial charge in [0, 0.05) is 18.2 Å². The van der Waals surface area contributed by atoms with Crippen molar-refractivity contribution in [1.82, 2.24) is 0 Å². The van der Waals surface area contributed by atoms with E-state index in [1.807, 2.05) is 0 Å². The van der Waals surface area contributed by atoms with E-state index in [-0.39, 0.29) is 39.9 Å². The third kappa shape index (κ3) is 2.95. The van der Waals surface area contributed by atoms with Crippen molar-refractivity contribution in [2.24, 2.45) is 4.99 Å². The zero-order valence-corrected chi connectivity index (χ0v) is 11.7. The van der Waals surface area contributed by atoms with Crippen LogP contribution in [0.4, 0.5) is 11.4 Å². The van der Waals surface area contributed by atoms with Gasteiger partial charge in [0.2, 0.25) is 0 Å². The van der Waals surface area contributed by atoms with Gasteiger partial charge in [-0.15, -0.1) is 0 Å². The van der Waals surface area contributed by atoms with Crippen molar-refractivity contribution in [3.05, 3.63) is 56.1 Å². The number of non-ortho nitro benzene ring substituents is 1. The van der Waals surface area contributed by atoms with Gasteiger partial charge < -0.3 is 14.6 Å². The first-order valence-electron chi connectivity index (χ1n) is 6.16. The molecule has 2 rings (SSSR count). The molecule has 8 heteroatoms. The first-order chi connectivity index (χ1) is 10.3. The molecule has 0 aliphatic rings. The molecule has 0 fully saturated rings. The fourth-order valence-corrected chi connectivity index (χ4v) is 1.88. The molecular weight excluding hydrogens is 292 g/mol. The van der Waals surface area contributed by atoms with E-state index in [9.17, 15) is 25.1 Å². The van der Waals surface area contributed by atoms with Gasteiger partial charge in [0.25, 0.3) is 5.69 Å². The number of aryl methyl sites for hydroxylation is 1. The van der Waals surface area contributed by atoms with Gasteiger partial charge in [0.1, 0.15) is 28.5 Å². The number of aliphatic imine (C=N–C) groups is 1. The van der Waals surface area contributed by atoms with Crippen LogP contribution in [-0.2, 0) is 0 Å². The largest absolute Gasteiger partial charge is 0.507 e. The molecule has 114 valence electrons. The van der Waals surface area contributed by atoms with Gasteiger partial charge in [0.05, 0.1) is 10.6 Å². The molecule has 2 aromatic rings. The lowest BCUT2D eigenvalue weighted by Crippen LogP contribution is -2.12. The molecule has 0 saturated heterocycles. The van der Waals surface area contributed by atoms with E-state index < -0.39 is 10.5 Å². The average molecular weight is 304 g/mol. The number of benzene rings is 1. The number of phenolic OH excluding ortho intramolecular Hbond substituents is 1. The second-order valence-corrected chi connectivity index (χ2v) is 4.53. The van der Waals surface area contributed by atoms with Gasteiger partial charge in [-0.3, -0.25) is 10.1 Å². The number of aromatic hydroxyl groups is 2. The maximum atomic E-state index is 11.8. The maximum Gasteiger partial charge on any atom is 0.348 e. The lowest BCUT2D eigenvalue weighted by molar-refractivity contribution is -0.384. The summed E-state index contributed by atoms with van der Waals surface area (Å²) in [7, 11) is 0. The van der Waals surface area contributed by atoms with Crippen molar-refractivity contribution >= 4 is 17.1 Å². The van der Waals surface area contributed by atoms with Crippen LogP contribution in [0, 0.1) is 17.0 Å². The number of nitro benzene ring substituents is 1. The summed E-state index contributed by atoms with van der Waals surface area (Å²) in [5.41, 5.74) is -1.25. The molecule has 0 atom stereocenters. The molecule has 0 saturated carbocycles. The molecule has 0 aliphatic carbocycles. The lowest BCUT2D eigenvalue weighted by Gasteiger charge is -2.04. The lowest BCUT2D eigenvalue weighted by atomic mass is 10.1. The van der Waals surface area contributed by atoms with E-state index in [1.165, 1.54) is 19.9 Å². The van der Waals surface area contributed by atoms with Crippen LogP contribution in [0.15, 0.2) is 38.5 Å². The number of hydrogen-bond donors (Lipinski definition) is 2. The van der Waals surface area contributed by atoms with Crippen molar-refractivity contribution in [1.29, 1.82) is 0 Å². The second-order valence-electron chi connectivity index (χ2n) is 4.53. The average Bonchev–Trinajstić information content (AvgIpc) is 2.39. The Hall–Kier alpha value is -3.16. The smallest absolute Gasteiger partial charge is 0.348 e. The highest BCUT2D eigenvalue weighted by atomic mass is 16.6. The number of hydrogen-bond acceptors (Lipinski definition) is 7. The Balaban J connectivity index is 2.57. The summed E-state index contributed by atoms with van der Waals surface area (Å²) in [6.45, 7) is 2.92. The highest BCUT2D eigenvalue weighted by Crippen LogP contribution is 2.31. The van der Waals surface area contributed by atoms with Crippen molar-refractivity contribution in [2.45, 2.75) is 13.8 Å². The molecular formula is C14H12N2O6. The van der Waals surface area contributed by atoms with Crippen LogP contribution in [0.2, 0.25) is 0 Å². The predicted molar refractivity (Wildman–Crippen MR) is 78.0 cm³/mol. The highest BCUT2D eigenvalue weighted by molar-refractivity contribution is 6.02. The molecule has 0 aliphatic heterocycles. The Kier molecular flexibility index (Phi) is 3.93. The van der Waals surface area contributed by atoms with Crippen LogP contribution >= 0.6 is 0 Å². The van der Waals surface area contributed by atoms with E-state index in [0.29, 0.717) is 0 Å². The molecule has 0 unspecified atom stereocenters. The standard InChI is InChI=1S/C14H12N2O6/c1-7-5-12(18)13(14(19)22-7)8(2)15-10-6-9(16(20)21)3-4-11(10)17/h3-6,17-18H,1-2H3. The number of phenols is 1. The van der Waals surface area contributed by atoms with Gasteiger partial charge in [-0.2, -0.15) is 0 Å². The summed E-state index contributed by atoms with van der Waals surface area (Å²) >= 11 is 0. The highest BCUT2D eigenvalue weighted by Gasteiger charge is 2.15. The molecule has 0 bridgehead atoms. The number of nitrogens with zero attached hydrogens (tertiary/aromatic N) is 2. The molecule has 0 spiro atoms. The van der Waals surface area contributed by atoms with Crippen molar-refractivity contribution in [3.8, 4) is 11.5 Å². The number of nitro groups is 1. The third-order valence-corrected chi connectivity index (χ3v) is 2.87. The summed E-state index contributed by atoms with van der Waals surface area (Å²) in [5, 5.41) is 30.3.